The molecule has 1 atom stereocenters. The van der Waals surface area contributed by atoms with Crippen molar-refractivity contribution in [1.82, 2.24) is 4.89 Å². The van der Waals surface area contributed by atoms with Crippen LogP contribution in [0.2, 0.25) is 0 Å². The fraction of sp³-hybridized carbons (Fsp3) is 0.333. The fourth-order valence-electron chi connectivity index (χ4n) is 0.269. The SMILES string of the molecule is NC(N)=NCC(=O)ONS(=O)[O-]. The van der Waals surface area contributed by atoms with Gasteiger partial charge in [0, 0.05) is 0 Å². The van der Waals surface area contributed by atoms with Crippen molar-refractivity contribution in [2.24, 2.45) is 16.5 Å². The largest absolute Gasteiger partial charge is 0.758 e. The molecule has 0 aliphatic heterocycles. The molecular formula is C3H7N4O4S-. The molecule has 0 fully saturated rings. The molecule has 0 aromatic heterocycles. The Kier molecular flexibility index (Phi) is 4.92. The molecular weight excluding hydrogens is 188 g/mol. The van der Waals surface area contributed by atoms with E-state index in [2.05, 4.69) is 9.83 Å². The topological polar surface area (TPSA) is 143 Å². The predicted molar refractivity (Wildman–Crippen MR) is 38.8 cm³/mol. The number of aliphatic imine (C=N–C) groups is 1. The molecule has 0 aliphatic carbocycles. The maximum atomic E-state index is 10.5. The van der Waals surface area contributed by atoms with E-state index in [1.54, 1.807) is 0 Å². The molecule has 0 aromatic carbocycles. The van der Waals surface area contributed by atoms with Crippen molar-refractivity contribution in [2.75, 3.05) is 6.54 Å². The van der Waals surface area contributed by atoms with E-state index in [9.17, 15) is 13.6 Å². The Hall–Kier alpha value is -1.19. The first-order valence-electron chi connectivity index (χ1n) is 2.62. The third kappa shape index (κ3) is 6.92. The minimum Gasteiger partial charge on any atom is -0.758 e. The highest BCUT2D eigenvalue weighted by Crippen LogP contribution is 1.76. The average Bonchev–Trinajstić information content (AvgIpc) is 1.96. The Labute approximate surface area is 70.3 Å². The van der Waals surface area contributed by atoms with E-state index in [0.29, 0.717) is 0 Å². The van der Waals surface area contributed by atoms with Gasteiger partial charge in [-0.2, -0.15) is 0 Å². The lowest BCUT2D eigenvalue weighted by Gasteiger charge is -2.05. The minimum atomic E-state index is -2.65. The highest BCUT2D eigenvalue weighted by Gasteiger charge is 2.00. The van der Waals surface area contributed by atoms with Crippen LogP contribution in [0.4, 0.5) is 0 Å². The van der Waals surface area contributed by atoms with E-state index in [-0.39, 0.29) is 5.96 Å². The van der Waals surface area contributed by atoms with Crippen LogP contribution in [0.5, 0.6) is 0 Å². The summed E-state index contributed by atoms with van der Waals surface area (Å²) in [6.45, 7) is -0.438. The van der Waals surface area contributed by atoms with Crippen molar-refractivity contribution in [3.05, 3.63) is 0 Å². The first-order valence-corrected chi connectivity index (χ1v) is 3.70. The van der Waals surface area contributed by atoms with Crippen LogP contribution < -0.4 is 16.4 Å². The second-order valence-electron chi connectivity index (χ2n) is 1.53. The van der Waals surface area contributed by atoms with E-state index in [1.807, 2.05) is 0 Å². The number of rotatable bonds is 4. The van der Waals surface area contributed by atoms with Crippen molar-refractivity contribution in [1.29, 1.82) is 0 Å². The van der Waals surface area contributed by atoms with Gasteiger partial charge in [-0.25, -0.2) is 9.79 Å². The predicted octanol–water partition coefficient (Wildman–Crippen LogP) is -2.90. The molecule has 0 rings (SSSR count). The van der Waals surface area contributed by atoms with Crippen molar-refractivity contribution in [3.8, 4) is 0 Å². The second kappa shape index (κ2) is 5.46. The molecule has 5 N–H and O–H groups in total. The van der Waals surface area contributed by atoms with Crippen molar-refractivity contribution >= 4 is 23.2 Å². The summed E-state index contributed by atoms with van der Waals surface area (Å²) in [7, 11) is 0. The van der Waals surface area contributed by atoms with Crippen LogP contribution >= 0.6 is 0 Å². The summed E-state index contributed by atoms with van der Waals surface area (Å²) in [5.74, 6) is -1.19. The van der Waals surface area contributed by atoms with E-state index < -0.39 is 23.8 Å². The molecule has 70 valence electrons. The maximum absolute atomic E-state index is 10.5. The zero-order chi connectivity index (χ0) is 9.56. The highest BCUT2D eigenvalue weighted by molar-refractivity contribution is 7.76. The quantitative estimate of drug-likeness (QED) is 0.190. The molecule has 0 aliphatic rings. The molecule has 0 amide bonds. The third-order valence-electron chi connectivity index (χ3n) is 0.614. The van der Waals surface area contributed by atoms with Gasteiger partial charge >= 0.3 is 5.97 Å². The van der Waals surface area contributed by atoms with Gasteiger partial charge in [0.25, 0.3) is 0 Å². The van der Waals surface area contributed by atoms with Gasteiger partial charge in [0.2, 0.25) is 0 Å². The summed E-state index contributed by atoms with van der Waals surface area (Å²) in [4.78, 5) is 19.1. The molecule has 0 aromatic rings. The smallest absolute Gasteiger partial charge is 0.347 e. The molecule has 12 heavy (non-hydrogen) atoms. The number of hydrogen-bond acceptors (Lipinski definition) is 5. The van der Waals surface area contributed by atoms with Crippen LogP contribution in [0.15, 0.2) is 4.99 Å². The maximum Gasteiger partial charge on any atom is 0.347 e. The van der Waals surface area contributed by atoms with Crippen LogP contribution in [0.3, 0.4) is 0 Å². The van der Waals surface area contributed by atoms with Gasteiger partial charge in [-0.15, -0.1) is 0 Å². The van der Waals surface area contributed by atoms with Crippen LogP contribution in [0, 0.1) is 0 Å². The average molecular weight is 195 g/mol. The molecule has 0 spiro atoms. The zero-order valence-electron chi connectivity index (χ0n) is 5.85. The monoisotopic (exact) mass is 195 g/mol. The lowest BCUT2D eigenvalue weighted by atomic mass is 10.7. The molecule has 0 heterocycles. The summed E-state index contributed by atoms with van der Waals surface area (Å²) in [6.07, 6.45) is 0. The van der Waals surface area contributed by atoms with Gasteiger partial charge in [0.15, 0.2) is 5.96 Å². The molecule has 0 saturated carbocycles. The molecule has 8 nitrogen and oxygen atoms in total. The summed E-state index contributed by atoms with van der Waals surface area (Å²) in [5, 5.41) is 0. The zero-order valence-corrected chi connectivity index (χ0v) is 6.67. The lowest BCUT2D eigenvalue weighted by Crippen LogP contribution is -2.27. The van der Waals surface area contributed by atoms with E-state index >= 15 is 0 Å². The first kappa shape index (κ1) is 10.8. The van der Waals surface area contributed by atoms with E-state index in [0.717, 1.165) is 0 Å². The van der Waals surface area contributed by atoms with Crippen molar-refractivity contribution in [2.45, 2.75) is 0 Å². The van der Waals surface area contributed by atoms with Crippen LogP contribution in [0.25, 0.3) is 0 Å². The minimum absolute atomic E-state index is 0.282. The van der Waals surface area contributed by atoms with E-state index in [1.165, 1.54) is 4.89 Å². The summed E-state index contributed by atoms with van der Waals surface area (Å²) >= 11 is -2.65. The molecule has 1 unspecified atom stereocenters. The Morgan fingerprint density at radius 2 is 2.25 bits per heavy atom. The normalized spacial score (nSPS) is 11.8. The number of nitrogens with two attached hydrogens (primary N) is 2. The summed E-state index contributed by atoms with van der Waals surface area (Å²) in [5.41, 5.74) is 9.75. The number of nitrogens with zero attached hydrogens (tertiary/aromatic N) is 1. The first-order chi connectivity index (χ1) is 5.52. The van der Waals surface area contributed by atoms with Gasteiger partial charge in [-0.3, -0.25) is 4.21 Å². The van der Waals surface area contributed by atoms with Gasteiger partial charge in [-0.1, -0.05) is 4.89 Å². The summed E-state index contributed by atoms with van der Waals surface area (Å²) in [6, 6.07) is 0. The van der Waals surface area contributed by atoms with Gasteiger partial charge in [0.05, 0.1) is 11.3 Å². The van der Waals surface area contributed by atoms with Crippen LogP contribution in [-0.2, 0) is 20.9 Å². The number of hydrogen-bond donors (Lipinski definition) is 3. The van der Waals surface area contributed by atoms with Crippen molar-refractivity contribution < 1.29 is 18.4 Å². The Morgan fingerprint density at radius 3 is 2.67 bits per heavy atom. The molecule has 9 heteroatoms. The van der Waals surface area contributed by atoms with Crippen LogP contribution in [-0.4, -0.2) is 27.2 Å². The van der Waals surface area contributed by atoms with Gasteiger partial charge in [0.1, 0.15) is 6.54 Å². The molecule has 0 saturated heterocycles. The lowest BCUT2D eigenvalue weighted by molar-refractivity contribution is -0.145. The number of carbonyl (C=O) groups is 1. The molecule has 0 radical (unpaired) electrons. The Balaban J connectivity index is 3.61. The summed E-state index contributed by atoms with van der Waals surface area (Å²) < 4.78 is 19.5. The van der Waals surface area contributed by atoms with E-state index in [4.69, 9.17) is 11.5 Å². The number of guanidine groups is 1. The number of nitrogens with one attached hydrogen (secondary N) is 1. The number of carbonyl (C=O) groups excluding carboxylic acids is 1. The standard InChI is InChI=1S/C3H8N4O4S/c4-3(5)6-1-2(8)11-7-12(9)10/h7H,1H2,(H,9,10)(H4,4,5,6)/p-1. The Morgan fingerprint density at radius 1 is 1.67 bits per heavy atom. The Bertz CT molecular complexity index is 212. The fourth-order valence-corrected chi connectivity index (χ4v) is 0.430. The third-order valence-corrected chi connectivity index (χ3v) is 0.834. The highest BCUT2D eigenvalue weighted by atomic mass is 32.2. The second-order valence-corrected chi connectivity index (χ2v) is 2.17. The van der Waals surface area contributed by atoms with Gasteiger partial charge in [-0.05, 0) is 0 Å². The van der Waals surface area contributed by atoms with Gasteiger partial charge < -0.3 is 20.9 Å². The van der Waals surface area contributed by atoms with Crippen molar-refractivity contribution in [3.63, 3.8) is 0 Å². The molecule has 0 bridgehead atoms. The van der Waals surface area contributed by atoms with Crippen LogP contribution in [0.1, 0.15) is 0 Å².